The maximum Gasteiger partial charge on any atom is 0.317 e. The van der Waals surface area contributed by atoms with Gasteiger partial charge in [0, 0.05) is 42.0 Å². The van der Waals surface area contributed by atoms with Crippen molar-refractivity contribution < 1.29 is 19.4 Å². The number of ether oxygens (including phenoxy) is 2. The molecule has 2 aromatic rings. The van der Waals surface area contributed by atoms with Crippen LogP contribution in [0.1, 0.15) is 56.1 Å². The van der Waals surface area contributed by atoms with Gasteiger partial charge in [0.1, 0.15) is 17.8 Å². The number of aliphatic hydroxyl groups is 1. The van der Waals surface area contributed by atoms with Gasteiger partial charge in [-0.25, -0.2) is 4.98 Å². The van der Waals surface area contributed by atoms with E-state index in [0.717, 1.165) is 74.0 Å². The lowest BCUT2D eigenvalue weighted by Crippen LogP contribution is -2.42. The number of benzene rings is 1. The van der Waals surface area contributed by atoms with Crippen LogP contribution >= 0.6 is 11.6 Å². The Kier molecular flexibility index (Phi) is 7.92. The minimum Gasteiger partial charge on any atom is -0.462 e. The molecule has 40 heavy (non-hydrogen) atoms. The summed E-state index contributed by atoms with van der Waals surface area (Å²) < 4.78 is 12.1. The Hall–Kier alpha value is -3.19. The normalized spacial score (nSPS) is 23.4. The zero-order valence-corrected chi connectivity index (χ0v) is 23.4. The molecule has 0 radical (unpaired) electrons. The Morgan fingerprint density at radius 2 is 1.95 bits per heavy atom. The third-order valence-corrected chi connectivity index (χ3v) is 8.74. The Bertz CT molecular complexity index is 1360. The van der Waals surface area contributed by atoms with E-state index < -0.39 is 11.5 Å². The molecule has 0 spiro atoms. The second-order valence-electron chi connectivity index (χ2n) is 11.1. The van der Waals surface area contributed by atoms with Crippen LogP contribution in [-0.2, 0) is 15.1 Å². The lowest BCUT2D eigenvalue weighted by Gasteiger charge is -2.38. The maximum absolute atomic E-state index is 13.2. The van der Waals surface area contributed by atoms with Crippen molar-refractivity contribution in [3.63, 3.8) is 0 Å². The highest BCUT2D eigenvalue weighted by atomic mass is 35.5. The molecular weight excluding hydrogens is 524 g/mol. The van der Waals surface area contributed by atoms with Crippen molar-refractivity contribution in [3.8, 4) is 5.88 Å². The van der Waals surface area contributed by atoms with E-state index >= 15 is 0 Å². The molecule has 1 unspecified atom stereocenters. The second kappa shape index (κ2) is 11.7. The van der Waals surface area contributed by atoms with E-state index in [-0.39, 0.29) is 12.1 Å². The Morgan fingerprint density at radius 1 is 1.18 bits per heavy atom. The molecule has 1 aromatic heterocycles. The van der Waals surface area contributed by atoms with Crippen LogP contribution in [0.25, 0.3) is 5.57 Å². The average molecular weight is 559 g/mol. The van der Waals surface area contributed by atoms with E-state index in [9.17, 15) is 9.90 Å². The quantitative estimate of drug-likeness (QED) is 0.416. The van der Waals surface area contributed by atoms with Gasteiger partial charge in [0.2, 0.25) is 5.88 Å². The summed E-state index contributed by atoms with van der Waals surface area (Å²) in [5.41, 5.74) is 2.82. The molecule has 0 bridgehead atoms. The molecule has 2 fully saturated rings. The largest absolute Gasteiger partial charge is 0.462 e. The first kappa shape index (κ1) is 27.0. The molecule has 2 aliphatic heterocycles. The van der Waals surface area contributed by atoms with Gasteiger partial charge in [-0.05, 0) is 92.5 Å². The summed E-state index contributed by atoms with van der Waals surface area (Å²) in [7, 11) is 0. The lowest BCUT2D eigenvalue weighted by atomic mass is 9.84. The van der Waals surface area contributed by atoms with Crippen LogP contribution in [-0.4, -0.2) is 46.7 Å². The van der Waals surface area contributed by atoms with Crippen molar-refractivity contribution >= 4 is 23.1 Å². The highest BCUT2D eigenvalue weighted by Crippen LogP contribution is 2.39. The van der Waals surface area contributed by atoms with Crippen LogP contribution in [0.4, 0.5) is 0 Å². The standard InChI is InChI=1S/C33H35ClN2O4/c34-25-14-12-24(13-15-25)33(38)16-20-36(21-17-33)19-5-6-23-22-29-28(32(37)39-26-7-1-2-8-26)9-3-11-30(29)40-31-27(23)10-4-18-35-31/h3-4,6,9-15,18,22,26,28,38H,1-2,5,7-8,16-17,19-21H2. The molecule has 1 saturated heterocycles. The number of rotatable bonds is 6. The second-order valence-corrected chi connectivity index (χ2v) is 11.6. The van der Waals surface area contributed by atoms with Crippen molar-refractivity contribution in [2.24, 2.45) is 5.92 Å². The molecular formula is C33H35ClN2O4. The van der Waals surface area contributed by atoms with Crippen LogP contribution in [0.2, 0.25) is 5.02 Å². The van der Waals surface area contributed by atoms with Gasteiger partial charge in [-0.2, -0.15) is 0 Å². The van der Waals surface area contributed by atoms with Crippen molar-refractivity contribution in [3.05, 3.63) is 100 Å². The highest BCUT2D eigenvalue weighted by Gasteiger charge is 2.34. The Balaban J connectivity index is 1.17. The minimum absolute atomic E-state index is 0.0123. The number of pyridine rings is 1. The highest BCUT2D eigenvalue weighted by molar-refractivity contribution is 6.30. The maximum atomic E-state index is 13.2. The van der Waals surface area contributed by atoms with Gasteiger partial charge >= 0.3 is 5.97 Å². The molecule has 1 aromatic carbocycles. The minimum atomic E-state index is -0.813. The molecule has 1 saturated carbocycles. The Labute approximate surface area is 240 Å². The summed E-state index contributed by atoms with van der Waals surface area (Å²) in [5, 5.41) is 11.9. The number of allylic oxidation sites excluding steroid dienone is 5. The van der Waals surface area contributed by atoms with Gasteiger partial charge in [0.05, 0.1) is 5.60 Å². The topological polar surface area (TPSA) is 71.9 Å². The summed E-state index contributed by atoms with van der Waals surface area (Å²) in [5.74, 6) is 0.446. The predicted octanol–water partition coefficient (Wildman–Crippen LogP) is 6.37. The molecule has 208 valence electrons. The zero-order chi connectivity index (χ0) is 27.5. The summed E-state index contributed by atoms with van der Waals surface area (Å²) in [6.45, 7) is 2.50. The molecule has 3 heterocycles. The van der Waals surface area contributed by atoms with Crippen molar-refractivity contribution in [2.75, 3.05) is 19.6 Å². The van der Waals surface area contributed by atoms with Gasteiger partial charge in [0.25, 0.3) is 0 Å². The monoisotopic (exact) mass is 558 g/mol. The van der Waals surface area contributed by atoms with Gasteiger partial charge in [-0.3, -0.25) is 4.79 Å². The summed E-state index contributed by atoms with van der Waals surface area (Å²) in [6.07, 6.45) is 17.9. The van der Waals surface area contributed by atoms with E-state index in [4.69, 9.17) is 21.1 Å². The van der Waals surface area contributed by atoms with E-state index in [2.05, 4.69) is 22.0 Å². The van der Waals surface area contributed by atoms with Gasteiger partial charge in [0.15, 0.2) is 0 Å². The number of carbonyl (C=O) groups excluding carboxylic acids is 1. The van der Waals surface area contributed by atoms with E-state index in [0.29, 0.717) is 29.5 Å². The number of nitrogens with zero attached hydrogens (tertiary/aromatic N) is 2. The molecule has 6 rings (SSSR count). The van der Waals surface area contributed by atoms with Gasteiger partial charge in [-0.15, -0.1) is 0 Å². The number of hydrogen-bond acceptors (Lipinski definition) is 6. The van der Waals surface area contributed by atoms with Crippen LogP contribution < -0.4 is 4.74 Å². The lowest BCUT2D eigenvalue weighted by molar-refractivity contribution is -0.150. The fourth-order valence-corrected chi connectivity index (χ4v) is 6.24. The number of halogens is 1. The molecule has 1 N–H and O–H groups in total. The number of aromatic nitrogens is 1. The van der Waals surface area contributed by atoms with Crippen LogP contribution in [0.15, 0.2) is 84.3 Å². The summed E-state index contributed by atoms with van der Waals surface area (Å²) >= 11 is 6.04. The zero-order valence-electron chi connectivity index (χ0n) is 22.6. The summed E-state index contributed by atoms with van der Waals surface area (Å²) in [6, 6.07) is 11.4. The molecule has 2 aliphatic carbocycles. The number of hydrogen-bond donors (Lipinski definition) is 1. The van der Waals surface area contributed by atoms with Crippen LogP contribution in [0.5, 0.6) is 5.88 Å². The molecule has 7 heteroatoms. The SMILES string of the molecule is O=C(OC1CCCC1)C1C=CC=C2Oc3ncccc3C(=CCCN3CCC(O)(c4ccc(Cl)cc4)CC3)C=C21. The molecule has 4 aliphatic rings. The number of piperidine rings is 1. The average Bonchev–Trinajstić information content (AvgIpc) is 3.42. The van der Waals surface area contributed by atoms with Crippen molar-refractivity contribution in [1.82, 2.24) is 9.88 Å². The first-order valence-corrected chi connectivity index (χ1v) is 14.7. The first-order valence-electron chi connectivity index (χ1n) is 14.3. The smallest absolute Gasteiger partial charge is 0.317 e. The van der Waals surface area contributed by atoms with E-state index in [1.165, 1.54) is 0 Å². The van der Waals surface area contributed by atoms with Gasteiger partial charge in [-0.1, -0.05) is 42.0 Å². The number of likely N-dealkylation sites (tertiary alicyclic amines) is 1. The third kappa shape index (κ3) is 5.80. The fraction of sp³-hybridized carbons (Fsp3) is 0.394. The summed E-state index contributed by atoms with van der Waals surface area (Å²) in [4.78, 5) is 20.1. The third-order valence-electron chi connectivity index (χ3n) is 8.48. The first-order chi connectivity index (χ1) is 19.5. The van der Waals surface area contributed by atoms with Gasteiger partial charge < -0.3 is 19.5 Å². The van der Waals surface area contributed by atoms with Crippen molar-refractivity contribution in [1.29, 1.82) is 0 Å². The van der Waals surface area contributed by atoms with Crippen LogP contribution in [0.3, 0.4) is 0 Å². The van der Waals surface area contributed by atoms with E-state index in [1.54, 1.807) is 6.20 Å². The number of esters is 1. The van der Waals surface area contributed by atoms with Crippen LogP contribution in [0, 0.1) is 5.92 Å². The van der Waals surface area contributed by atoms with Crippen molar-refractivity contribution in [2.45, 2.75) is 56.7 Å². The Morgan fingerprint density at radius 3 is 2.73 bits per heavy atom. The predicted molar refractivity (Wildman–Crippen MR) is 156 cm³/mol. The number of fused-ring (bicyclic) bond motifs is 2. The van der Waals surface area contributed by atoms with E-state index in [1.807, 2.05) is 54.6 Å². The fourth-order valence-electron chi connectivity index (χ4n) is 6.12. The number of carbonyl (C=O) groups is 1. The molecule has 6 nitrogen and oxygen atoms in total. The molecule has 0 amide bonds. The molecule has 1 atom stereocenters.